The minimum absolute atomic E-state index is 0.0908. The summed E-state index contributed by atoms with van der Waals surface area (Å²) < 4.78 is 17.7. The van der Waals surface area contributed by atoms with Gasteiger partial charge in [-0.25, -0.2) is 15.0 Å². The molecule has 0 amide bonds. The molecule has 7 heteroatoms. The average molecular weight is 366 g/mol. The van der Waals surface area contributed by atoms with E-state index in [1.807, 2.05) is 12.1 Å². The zero-order chi connectivity index (χ0) is 18.4. The summed E-state index contributed by atoms with van der Waals surface area (Å²) in [5.74, 6) is 1.02. The molecule has 1 aromatic heterocycles. The molecule has 3 heterocycles. The van der Waals surface area contributed by atoms with Gasteiger partial charge in [-0.1, -0.05) is 6.07 Å². The molecule has 5 rings (SSSR count). The number of aromatic nitrogens is 2. The Labute approximate surface area is 157 Å². The van der Waals surface area contributed by atoms with Crippen LogP contribution in [0.1, 0.15) is 24.8 Å². The molecule has 1 saturated carbocycles. The summed E-state index contributed by atoms with van der Waals surface area (Å²) in [5.41, 5.74) is 8.43. The van der Waals surface area contributed by atoms with Crippen LogP contribution in [-0.4, -0.2) is 41.9 Å². The highest BCUT2D eigenvalue weighted by atomic mass is 16.5. The van der Waals surface area contributed by atoms with Crippen LogP contribution in [0.4, 0.5) is 0 Å². The number of aliphatic imine (C=N–C) groups is 1. The number of nitrogens with zero attached hydrogens (tertiary/aromatic N) is 3. The minimum Gasteiger partial charge on any atom is -0.490 e. The fourth-order valence-electron chi connectivity index (χ4n) is 4.70. The summed E-state index contributed by atoms with van der Waals surface area (Å²) >= 11 is 0. The van der Waals surface area contributed by atoms with Gasteiger partial charge in [0.25, 0.3) is 6.02 Å². The zero-order valence-corrected chi connectivity index (χ0v) is 15.2. The number of fused-ring (bicyclic) bond motifs is 4. The van der Waals surface area contributed by atoms with Crippen molar-refractivity contribution in [2.24, 2.45) is 16.6 Å². The lowest BCUT2D eigenvalue weighted by atomic mass is 9.67. The highest BCUT2D eigenvalue weighted by Crippen LogP contribution is 2.53. The van der Waals surface area contributed by atoms with Gasteiger partial charge in [-0.3, -0.25) is 0 Å². The lowest BCUT2D eigenvalue weighted by Gasteiger charge is -2.47. The third kappa shape index (κ3) is 2.56. The van der Waals surface area contributed by atoms with Gasteiger partial charge in [-0.2, -0.15) is 0 Å². The molecule has 1 aliphatic carbocycles. The maximum Gasteiger partial charge on any atom is 0.283 e. The molecule has 2 N–H and O–H groups in total. The zero-order valence-electron chi connectivity index (χ0n) is 15.2. The molecule has 0 saturated heterocycles. The second-order valence-electron chi connectivity index (χ2n) is 7.43. The summed E-state index contributed by atoms with van der Waals surface area (Å²) in [4.78, 5) is 13.1. The Kier molecular flexibility index (Phi) is 3.79. The fraction of sp³-hybridized carbons (Fsp3) is 0.450. The quantitative estimate of drug-likeness (QED) is 0.876. The Hall–Kier alpha value is -2.67. The van der Waals surface area contributed by atoms with Crippen LogP contribution in [0.3, 0.4) is 0 Å². The van der Waals surface area contributed by atoms with Crippen molar-refractivity contribution in [3.63, 3.8) is 0 Å². The standard InChI is InChI=1S/C20H22N4O3/c1-25-14-3-5-18-16(7-14)20(10-26-19(21)24-20)15-6-12(2-4-17(15)27-18)13-8-22-11-23-9-13/h2,4,6,8-9,11,14,16,18H,3,5,7,10H2,1H3,(H2,21,24)/t14-,16?,18?,20?/m0/s1. The Bertz CT molecular complexity index is 888. The predicted molar refractivity (Wildman–Crippen MR) is 99.3 cm³/mol. The lowest BCUT2D eigenvalue weighted by molar-refractivity contribution is -0.0490. The molecular formula is C20H22N4O3. The van der Waals surface area contributed by atoms with Gasteiger partial charge in [-0.15, -0.1) is 0 Å². The smallest absolute Gasteiger partial charge is 0.283 e. The largest absolute Gasteiger partial charge is 0.490 e. The predicted octanol–water partition coefficient (Wildman–Crippen LogP) is 2.26. The molecule has 7 nitrogen and oxygen atoms in total. The van der Waals surface area contributed by atoms with Gasteiger partial charge in [0.05, 0.1) is 6.10 Å². The van der Waals surface area contributed by atoms with Gasteiger partial charge in [-0.05, 0) is 37.0 Å². The van der Waals surface area contributed by atoms with Gasteiger partial charge in [0.2, 0.25) is 0 Å². The fourth-order valence-corrected chi connectivity index (χ4v) is 4.70. The normalized spacial score (nSPS) is 31.4. The molecular weight excluding hydrogens is 344 g/mol. The maximum absolute atomic E-state index is 6.39. The van der Waals surface area contributed by atoms with Crippen LogP contribution in [0, 0.1) is 5.92 Å². The molecule has 1 fully saturated rings. The van der Waals surface area contributed by atoms with Crippen molar-refractivity contribution < 1.29 is 14.2 Å². The van der Waals surface area contributed by atoms with E-state index in [4.69, 9.17) is 24.9 Å². The third-order valence-electron chi connectivity index (χ3n) is 6.05. The number of ether oxygens (including phenoxy) is 3. The molecule has 1 spiro atoms. The SMILES string of the molecule is CO[C@H]1CCC2Oc3ccc(-c4cncnc4)cc3C3(COC(N)=N3)C2C1. The second kappa shape index (κ2) is 6.20. The van der Waals surface area contributed by atoms with E-state index in [2.05, 4.69) is 16.0 Å². The number of amidine groups is 1. The van der Waals surface area contributed by atoms with Crippen LogP contribution in [0.2, 0.25) is 0 Å². The monoisotopic (exact) mass is 366 g/mol. The summed E-state index contributed by atoms with van der Waals surface area (Å²) in [7, 11) is 1.77. The van der Waals surface area contributed by atoms with Crippen molar-refractivity contribution in [3.8, 4) is 16.9 Å². The van der Waals surface area contributed by atoms with E-state index in [1.54, 1.807) is 19.5 Å². The number of benzene rings is 1. The van der Waals surface area contributed by atoms with Crippen molar-refractivity contribution in [2.75, 3.05) is 13.7 Å². The molecule has 1 aromatic carbocycles. The van der Waals surface area contributed by atoms with Crippen LogP contribution in [0.15, 0.2) is 41.9 Å². The first-order valence-electron chi connectivity index (χ1n) is 9.27. The van der Waals surface area contributed by atoms with E-state index in [0.717, 1.165) is 41.7 Å². The van der Waals surface area contributed by atoms with E-state index >= 15 is 0 Å². The van der Waals surface area contributed by atoms with Crippen LogP contribution in [0.5, 0.6) is 5.75 Å². The molecule has 0 radical (unpaired) electrons. The molecule has 2 aromatic rings. The Morgan fingerprint density at radius 3 is 2.78 bits per heavy atom. The van der Waals surface area contributed by atoms with Gasteiger partial charge in [0, 0.05) is 36.5 Å². The van der Waals surface area contributed by atoms with Gasteiger partial charge >= 0.3 is 0 Å². The molecule has 140 valence electrons. The Balaban J connectivity index is 1.64. The molecule has 2 aliphatic heterocycles. The topological polar surface area (TPSA) is 91.8 Å². The summed E-state index contributed by atoms with van der Waals surface area (Å²) in [6.45, 7) is 0.432. The van der Waals surface area contributed by atoms with Crippen LogP contribution >= 0.6 is 0 Å². The van der Waals surface area contributed by atoms with Crippen molar-refractivity contribution in [1.82, 2.24) is 9.97 Å². The van der Waals surface area contributed by atoms with E-state index < -0.39 is 5.54 Å². The van der Waals surface area contributed by atoms with Gasteiger partial charge in [0.1, 0.15) is 30.3 Å². The minimum atomic E-state index is -0.537. The Morgan fingerprint density at radius 1 is 1.19 bits per heavy atom. The second-order valence-corrected chi connectivity index (χ2v) is 7.43. The first-order chi connectivity index (χ1) is 13.2. The van der Waals surface area contributed by atoms with Crippen molar-refractivity contribution in [2.45, 2.75) is 37.0 Å². The van der Waals surface area contributed by atoms with E-state index in [0.29, 0.717) is 6.61 Å². The number of hydrogen-bond donors (Lipinski definition) is 1. The molecule has 4 atom stereocenters. The Morgan fingerprint density at radius 2 is 2.04 bits per heavy atom. The number of hydrogen-bond acceptors (Lipinski definition) is 7. The highest BCUT2D eigenvalue weighted by molar-refractivity contribution is 5.75. The highest BCUT2D eigenvalue weighted by Gasteiger charge is 2.55. The van der Waals surface area contributed by atoms with Gasteiger partial charge < -0.3 is 19.9 Å². The number of nitrogens with two attached hydrogens (primary N) is 1. The van der Waals surface area contributed by atoms with Crippen LogP contribution in [0.25, 0.3) is 11.1 Å². The van der Waals surface area contributed by atoms with Crippen molar-refractivity contribution in [3.05, 3.63) is 42.5 Å². The molecule has 0 bridgehead atoms. The summed E-state index contributed by atoms with van der Waals surface area (Å²) in [5, 5.41) is 0. The number of rotatable bonds is 2. The van der Waals surface area contributed by atoms with E-state index in [9.17, 15) is 0 Å². The summed E-state index contributed by atoms with van der Waals surface area (Å²) in [6, 6.07) is 6.42. The first-order valence-corrected chi connectivity index (χ1v) is 9.27. The summed E-state index contributed by atoms with van der Waals surface area (Å²) in [6.07, 6.45) is 8.23. The van der Waals surface area contributed by atoms with Crippen LogP contribution < -0.4 is 10.5 Å². The van der Waals surface area contributed by atoms with Crippen molar-refractivity contribution in [1.29, 1.82) is 0 Å². The van der Waals surface area contributed by atoms with Crippen LogP contribution in [-0.2, 0) is 15.0 Å². The first kappa shape index (κ1) is 16.5. The van der Waals surface area contributed by atoms with Gasteiger partial charge in [0.15, 0.2) is 0 Å². The maximum atomic E-state index is 6.39. The number of methoxy groups -OCH3 is 1. The molecule has 3 aliphatic rings. The molecule has 27 heavy (non-hydrogen) atoms. The average Bonchev–Trinajstić information content (AvgIpc) is 3.11. The van der Waals surface area contributed by atoms with Crippen molar-refractivity contribution >= 4 is 6.02 Å². The lowest BCUT2D eigenvalue weighted by Crippen LogP contribution is -2.52. The third-order valence-corrected chi connectivity index (χ3v) is 6.05. The molecule has 3 unspecified atom stereocenters. The van der Waals surface area contributed by atoms with E-state index in [1.165, 1.54) is 6.33 Å². The van der Waals surface area contributed by atoms with E-state index in [-0.39, 0.29) is 24.1 Å².